The van der Waals surface area contributed by atoms with Crippen molar-refractivity contribution in [1.82, 2.24) is 19.4 Å². The Balaban J connectivity index is 2.13. The van der Waals surface area contributed by atoms with Crippen LogP contribution in [0.4, 0.5) is 5.00 Å². The van der Waals surface area contributed by atoms with Gasteiger partial charge in [0.2, 0.25) is 0 Å². The summed E-state index contributed by atoms with van der Waals surface area (Å²) in [4.78, 5) is 0. The molecule has 0 atom stereocenters. The zero-order chi connectivity index (χ0) is 12.3. The number of nitrogens with one attached hydrogen (secondary N) is 1. The third-order valence-electron chi connectivity index (χ3n) is 2.43. The fourth-order valence-electron chi connectivity index (χ4n) is 1.41. The highest BCUT2D eigenvalue weighted by atomic mass is 35.5. The smallest absolute Gasteiger partial charge is 0.135 e. The Morgan fingerprint density at radius 1 is 1.53 bits per heavy atom. The largest absolute Gasteiger partial charge is 0.374 e. The number of aromatic nitrogens is 4. The number of nitrogens with zero attached hydrogens (tertiary/aromatic N) is 4. The van der Waals surface area contributed by atoms with Crippen LogP contribution < -0.4 is 5.32 Å². The summed E-state index contributed by atoms with van der Waals surface area (Å²) in [5, 5.41) is 13.3. The highest BCUT2D eigenvalue weighted by molar-refractivity contribution is 7.10. The predicted octanol–water partition coefficient (Wildman–Crippen LogP) is 2.57. The van der Waals surface area contributed by atoms with Crippen molar-refractivity contribution >= 4 is 28.1 Å². The standard InChI is InChI=1S/C10H14ClN5S/c1-3-4-12-10-9(14-15-17-10)6-16-7(2)8(11)5-13-16/h5,12H,3-4,6H2,1-2H3. The van der Waals surface area contributed by atoms with Crippen LogP contribution in [0.1, 0.15) is 24.7 Å². The topological polar surface area (TPSA) is 55.6 Å². The van der Waals surface area contributed by atoms with Gasteiger partial charge in [-0.2, -0.15) is 5.10 Å². The number of hydrogen-bond acceptors (Lipinski definition) is 5. The van der Waals surface area contributed by atoms with Crippen LogP contribution in [0, 0.1) is 6.92 Å². The molecule has 0 fully saturated rings. The number of anilines is 1. The molecule has 0 saturated heterocycles. The molecule has 0 spiro atoms. The molecule has 0 amide bonds. The van der Waals surface area contributed by atoms with Gasteiger partial charge in [-0.3, -0.25) is 4.68 Å². The maximum atomic E-state index is 5.96. The minimum atomic E-state index is 0.598. The Morgan fingerprint density at radius 2 is 2.35 bits per heavy atom. The zero-order valence-corrected chi connectivity index (χ0v) is 11.3. The summed E-state index contributed by atoms with van der Waals surface area (Å²) < 4.78 is 5.79. The summed E-state index contributed by atoms with van der Waals surface area (Å²) >= 11 is 7.34. The minimum absolute atomic E-state index is 0.598. The Hall–Kier alpha value is -1.14. The second-order valence-corrected chi connectivity index (χ2v) is 4.87. The fourth-order valence-corrected chi connectivity index (χ4v) is 2.15. The summed E-state index contributed by atoms with van der Waals surface area (Å²) in [6.45, 7) is 5.59. The summed E-state index contributed by atoms with van der Waals surface area (Å²) in [6.07, 6.45) is 2.72. The van der Waals surface area contributed by atoms with Crippen LogP contribution in [-0.2, 0) is 6.54 Å². The van der Waals surface area contributed by atoms with Crippen LogP contribution in [0.3, 0.4) is 0 Å². The first-order valence-electron chi connectivity index (χ1n) is 5.45. The Labute approximate surface area is 109 Å². The number of halogens is 1. The highest BCUT2D eigenvalue weighted by Crippen LogP contribution is 2.20. The second-order valence-electron chi connectivity index (χ2n) is 3.71. The van der Waals surface area contributed by atoms with Gasteiger partial charge >= 0.3 is 0 Å². The summed E-state index contributed by atoms with van der Waals surface area (Å²) in [7, 11) is 0. The van der Waals surface area contributed by atoms with Crippen LogP contribution in [0.5, 0.6) is 0 Å². The van der Waals surface area contributed by atoms with Crippen LogP contribution in [0.25, 0.3) is 0 Å². The summed E-state index contributed by atoms with van der Waals surface area (Å²) in [5.74, 6) is 0. The average Bonchev–Trinajstić information content (AvgIpc) is 2.89. The molecule has 0 aliphatic heterocycles. The summed E-state index contributed by atoms with van der Waals surface area (Å²) in [6, 6.07) is 0. The van der Waals surface area contributed by atoms with Gasteiger partial charge in [0.15, 0.2) is 0 Å². The quantitative estimate of drug-likeness (QED) is 0.908. The summed E-state index contributed by atoms with van der Waals surface area (Å²) in [5.41, 5.74) is 1.85. The lowest BCUT2D eigenvalue weighted by atomic mass is 10.4. The van der Waals surface area contributed by atoms with E-state index in [1.807, 2.05) is 11.6 Å². The Kier molecular flexibility index (Phi) is 3.96. The molecular formula is C10H14ClN5S. The van der Waals surface area contributed by atoms with Crippen molar-refractivity contribution in [2.75, 3.05) is 11.9 Å². The van der Waals surface area contributed by atoms with Gasteiger partial charge in [0.05, 0.1) is 23.5 Å². The Bertz CT molecular complexity index is 493. The van der Waals surface area contributed by atoms with Crippen LogP contribution >= 0.6 is 23.1 Å². The third kappa shape index (κ3) is 2.76. The van der Waals surface area contributed by atoms with Crippen molar-refractivity contribution in [3.63, 3.8) is 0 Å². The normalized spacial score (nSPS) is 10.8. The number of hydrogen-bond donors (Lipinski definition) is 1. The SMILES string of the molecule is CCCNc1snnc1Cn1ncc(Cl)c1C. The van der Waals surface area contributed by atoms with Gasteiger partial charge < -0.3 is 5.32 Å². The van der Waals surface area contributed by atoms with E-state index in [-0.39, 0.29) is 0 Å². The van der Waals surface area contributed by atoms with Crippen LogP contribution in [0.2, 0.25) is 5.02 Å². The molecule has 7 heteroatoms. The van der Waals surface area contributed by atoms with Crippen molar-refractivity contribution in [2.45, 2.75) is 26.8 Å². The van der Waals surface area contributed by atoms with E-state index in [9.17, 15) is 0 Å². The van der Waals surface area contributed by atoms with E-state index in [1.54, 1.807) is 6.20 Å². The van der Waals surface area contributed by atoms with Crippen molar-refractivity contribution in [1.29, 1.82) is 0 Å². The van der Waals surface area contributed by atoms with E-state index in [1.165, 1.54) is 11.5 Å². The molecule has 0 aliphatic carbocycles. The lowest BCUT2D eigenvalue weighted by Gasteiger charge is -2.05. The van der Waals surface area contributed by atoms with Gasteiger partial charge in [0.25, 0.3) is 0 Å². The second kappa shape index (κ2) is 5.46. The molecule has 92 valence electrons. The number of rotatable bonds is 5. The first kappa shape index (κ1) is 12.3. The molecule has 0 saturated carbocycles. The average molecular weight is 272 g/mol. The molecule has 1 N–H and O–H groups in total. The van der Waals surface area contributed by atoms with Crippen molar-refractivity contribution in [2.24, 2.45) is 0 Å². The molecule has 0 bridgehead atoms. The molecule has 0 aromatic carbocycles. The molecule has 0 unspecified atom stereocenters. The molecule has 2 rings (SSSR count). The maximum absolute atomic E-state index is 5.96. The Morgan fingerprint density at radius 3 is 3.00 bits per heavy atom. The van der Waals surface area contributed by atoms with Crippen molar-refractivity contribution in [3.05, 3.63) is 22.6 Å². The highest BCUT2D eigenvalue weighted by Gasteiger charge is 2.11. The van der Waals surface area contributed by atoms with E-state index < -0.39 is 0 Å². The van der Waals surface area contributed by atoms with Gasteiger partial charge in [-0.1, -0.05) is 23.0 Å². The van der Waals surface area contributed by atoms with Crippen LogP contribution in [0.15, 0.2) is 6.20 Å². The fraction of sp³-hybridized carbons (Fsp3) is 0.500. The van der Waals surface area contributed by atoms with E-state index in [4.69, 9.17) is 11.6 Å². The lowest BCUT2D eigenvalue weighted by molar-refractivity contribution is 0.651. The van der Waals surface area contributed by atoms with Gasteiger partial charge in [0, 0.05) is 18.1 Å². The molecule has 2 aromatic rings. The van der Waals surface area contributed by atoms with Gasteiger partial charge in [-0.05, 0) is 13.3 Å². The van der Waals surface area contributed by atoms with E-state index >= 15 is 0 Å². The monoisotopic (exact) mass is 271 g/mol. The molecular weight excluding hydrogens is 258 g/mol. The van der Waals surface area contributed by atoms with E-state index in [0.29, 0.717) is 11.6 Å². The van der Waals surface area contributed by atoms with Gasteiger partial charge in [-0.25, -0.2) is 0 Å². The van der Waals surface area contributed by atoms with E-state index in [0.717, 1.165) is 29.4 Å². The lowest BCUT2D eigenvalue weighted by Crippen LogP contribution is -2.07. The minimum Gasteiger partial charge on any atom is -0.374 e. The first-order chi connectivity index (χ1) is 8.22. The van der Waals surface area contributed by atoms with Gasteiger partial charge in [0.1, 0.15) is 10.7 Å². The molecule has 17 heavy (non-hydrogen) atoms. The van der Waals surface area contributed by atoms with E-state index in [2.05, 4.69) is 26.9 Å². The van der Waals surface area contributed by atoms with Crippen molar-refractivity contribution < 1.29 is 0 Å². The van der Waals surface area contributed by atoms with Crippen molar-refractivity contribution in [3.8, 4) is 0 Å². The molecule has 5 nitrogen and oxygen atoms in total. The molecule has 2 heterocycles. The van der Waals surface area contributed by atoms with Gasteiger partial charge in [-0.15, -0.1) is 5.10 Å². The first-order valence-corrected chi connectivity index (χ1v) is 6.60. The maximum Gasteiger partial charge on any atom is 0.135 e. The van der Waals surface area contributed by atoms with Crippen LogP contribution in [-0.4, -0.2) is 25.9 Å². The molecule has 2 aromatic heterocycles. The zero-order valence-electron chi connectivity index (χ0n) is 9.77. The predicted molar refractivity (Wildman–Crippen MR) is 69.8 cm³/mol. The third-order valence-corrected chi connectivity index (χ3v) is 3.53. The molecule has 0 aliphatic rings. The molecule has 0 radical (unpaired) electrons.